The smallest absolute Gasteiger partial charge is 0.331 e. The van der Waals surface area contributed by atoms with Gasteiger partial charge in [0.25, 0.3) is 0 Å². The lowest BCUT2D eigenvalue weighted by molar-refractivity contribution is -0.133. The van der Waals surface area contributed by atoms with Gasteiger partial charge in [-0.25, -0.2) is 4.79 Å². The van der Waals surface area contributed by atoms with E-state index >= 15 is 0 Å². The maximum Gasteiger partial charge on any atom is 0.331 e. The number of hydrogen-bond donors (Lipinski definition) is 6. The average Bonchev–Trinajstić information content (AvgIpc) is 2.38. The van der Waals surface area contributed by atoms with Crippen molar-refractivity contribution in [3.8, 4) is 0 Å². The van der Waals surface area contributed by atoms with E-state index in [2.05, 4.69) is 5.32 Å². The van der Waals surface area contributed by atoms with E-state index in [0.29, 0.717) is 0 Å². The highest BCUT2D eigenvalue weighted by atomic mass is 16.4. The molecule has 0 aliphatic heterocycles. The summed E-state index contributed by atoms with van der Waals surface area (Å²) in [5.41, 5.74) is -0.117. The molecule has 6 N–H and O–H groups in total. The van der Waals surface area contributed by atoms with Gasteiger partial charge in [0, 0.05) is 24.8 Å². The predicted octanol–water partition coefficient (Wildman–Crippen LogP) is -2.40. The summed E-state index contributed by atoms with van der Waals surface area (Å²) in [6, 6.07) is -0.938. The number of carbonyl (C=O) groups excluding carboxylic acids is 1. The molecule has 0 spiro atoms. The standard InChI is InChI=1S/C12H19NO7/c1-5(15)13-10-7(11(18)9(17)4-14)2-6(12(19)20)3-8(10)16/h2,7-11,14,16-18H,3-4H2,1H3,(H,13,15)(H,19,20)/t7-,8+,9-,10+,11+/m1/s1. The lowest BCUT2D eigenvalue weighted by Crippen LogP contribution is -2.55. The number of amides is 1. The van der Waals surface area contributed by atoms with Crippen LogP contribution < -0.4 is 5.32 Å². The molecule has 1 aliphatic carbocycles. The lowest BCUT2D eigenvalue weighted by Gasteiger charge is -2.37. The number of aliphatic hydroxyl groups excluding tert-OH is 4. The van der Waals surface area contributed by atoms with Crippen molar-refractivity contribution in [3.05, 3.63) is 11.6 Å². The zero-order valence-electron chi connectivity index (χ0n) is 10.9. The number of rotatable bonds is 5. The minimum atomic E-state index is -1.51. The molecule has 5 atom stereocenters. The zero-order valence-corrected chi connectivity index (χ0v) is 10.9. The Kier molecular flexibility index (Phi) is 5.63. The first-order chi connectivity index (χ1) is 9.27. The quantitative estimate of drug-likeness (QED) is 0.330. The van der Waals surface area contributed by atoms with Gasteiger partial charge in [-0.15, -0.1) is 0 Å². The van der Waals surface area contributed by atoms with Crippen LogP contribution in [0.25, 0.3) is 0 Å². The highest BCUT2D eigenvalue weighted by Crippen LogP contribution is 2.28. The van der Waals surface area contributed by atoms with E-state index in [-0.39, 0.29) is 12.0 Å². The van der Waals surface area contributed by atoms with E-state index in [0.717, 1.165) is 0 Å². The molecule has 0 heterocycles. The third-order valence-corrected chi connectivity index (χ3v) is 3.27. The van der Waals surface area contributed by atoms with Crippen molar-refractivity contribution in [3.63, 3.8) is 0 Å². The van der Waals surface area contributed by atoms with E-state index in [1.165, 1.54) is 13.0 Å². The summed E-state index contributed by atoms with van der Waals surface area (Å²) in [5, 5.41) is 49.6. The summed E-state index contributed by atoms with van der Waals surface area (Å²) < 4.78 is 0. The van der Waals surface area contributed by atoms with Gasteiger partial charge in [-0.3, -0.25) is 4.79 Å². The van der Waals surface area contributed by atoms with Gasteiger partial charge in [0.15, 0.2) is 0 Å². The van der Waals surface area contributed by atoms with Crippen molar-refractivity contribution in [2.45, 2.75) is 37.7 Å². The van der Waals surface area contributed by atoms with Crippen molar-refractivity contribution in [1.29, 1.82) is 0 Å². The van der Waals surface area contributed by atoms with Gasteiger partial charge in [-0.2, -0.15) is 0 Å². The van der Waals surface area contributed by atoms with Crippen LogP contribution in [0.1, 0.15) is 13.3 Å². The summed E-state index contributed by atoms with van der Waals surface area (Å²) in [4.78, 5) is 22.1. The molecule has 114 valence electrons. The van der Waals surface area contributed by atoms with Crippen molar-refractivity contribution < 1.29 is 35.1 Å². The Labute approximate surface area is 115 Å². The van der Waals surface area contributed by atoms with Crippen LogP contribution in [0, 0.1) is 5.92 Å². The first-order valence-corrected chi connectivity index (χ1v) is 6.14. The molecule has 0 fully saturated rings. The molecule has 20 heavy (non-hydrogen) atoms. The first-order valence-electron chi connectivity index (χ1n) is 6.14. The number of carboxylic acid groups (broad SMARTS) is 1. The molecule has 1 amide bonds. The van der Waals surface area contributed by atoms with Crippen LogP contribution in [0.2, 0.25) is 0 Å². The second-order valence-corrected chi connectivity index (χ2v) is 4.81. The number of hydrogen-bond acceptors (Lipinski definition) is 6. The molecule has 0 aromatic carbocycles. The van der Waals surface area contributed by atoms with Gasteiger partial charge in [0.2, 0.25) is 5.91 Å². The third kappa shape index (κ3) is 3.76. The van der Waals surface area contributed by atoms with Gasteiger partial charge in [0.1, 0.15) is 6.10 Å². The number of carbonyl (C=O) groups is 2. The first kappa shape index (κ1) is 16.6. The highest BCUT2D eigenvalue weighted by molar-refractivity contribution is 5.87. The van der Waals surface area contributed by atoms with Gasteiger partial charge >= 0.3 is 5.97 Å². The van der Waals surface area contributed by atoms with Gasteiger partial charge in [-0.05, 0) is 0 Å². The van der Waals surface area contributed by atoms with E-state index < -0.39 is 48.8 Å². The molecule has 1 rings (SSSR count). The minimum absolute atomic E-state index is 0.117. The second kappa shape index (κ2) is 6.80. The SMILES string of the molecule is CC(=O)N[C@H]1[C@H]([C@H](O)[C@H](O)CO)C=C(C(=O)O)C[C@@H]1O. The Morgan fingerprint density at radius 2 is 2.05 bits per heavy atom. The van der Waals surface area contributed by atoms with Crippen molar-refractivity contribution in [1.82, 2.24) is 5.32 Å². The number of aliphatic carboxylic acids is 1. The van der Waals surface area contributed by atoms with Gasteiger partial charge in [-0.1, -0.05) is 6.08 Å². The van der Waals surface area contributed by atoms with Gasteiger partial charge in [0.05, 0.1) is 24.9 Å². The Morgan fingerprint density at radius 3 is 2.50 bits per heavy atom. The average molecular weight is 289 g/mol. The summed E-state index contributed by atoms with van der Waals surface area (Å²) >= 11 is 0. The fourth-order valence-electron chi connectivity index (χ4n) is 2.27. The highest BCUT2D eigenvalue weighted by Gasteiger charge is 2.40. The molecule has 8 heteroatoms. The second-order valence-electron chi connectivity index (χ2n) is 4.81. The maximum absolute atomic E-state index is 11.1. The number of carboxylic acids is 1. The Balaban J connectivity index is 3.08. The minimum Gasteiger partial charge on any atom is -0.478 e. The molecule has 0 bridgehead atoms. The lowest BCUT2D eigenvalue weighted by atomic mass is 9.79. The normalized spacial score (nSPS) is 29.2. The molecule has 0 aromatic heterocycles. The fraction of sp³-hybridized carbons (Fsp3) is 0.667. The van der Waals surface area contributed by atoms with E-state index in [1.807, 2.05) is 0 Å². The molecular weight excluding hydrogens is 270 g/mol. The van der Waals surface area contributed by atoms with Crippen LogP contribution in [0.5, 0.6) is 0 Å². The van der Waals surface area contributed by atoms with Crippen LogP contribution in [-0.2, 0) is 9.59 Å². The molecule has 0 radical (unpaired) electrons. The summed E-state index contributed by atoms with van der Waals surface area (Å²) in [6.45, 7) is 0.492. The topological polar surface area (TPSA) is 147 Å². The van der Waals surface area contributed by atoms with E-state index in [4.69, 9.17) is 10.2 Å². The summed E-state index contributed by atoms with van der Waals surface area (Å²) in [7, 11) is 0. The Morgan fingerprint density at radius 1 is 1.45 bits per heavy atom. The van der Waals surface area contributed by atoms with Crippen LogP contribution in [0.15, 0.2) is 11.6 Å². The summed E-state index contributed by atoms with van der Waals surface area (Å²) in [5.74, 6) is -2.73. The third-order valence-electron chi connectivity index (χ3n) is 3.27. The molecule has 1 aliphatic rings. The zero-order chi connectivity index (χ0) is 15.4. The molecule has 0 unspecified atom stereocenters. The Hall–Kier alpha value is -1.48. The predicted molar refractivity (Wildman–Crippen MR) is 66.5 cm³/mol. The maximum atomic E-state index is 11.1. The van der Waals surface area contributed by atoms with Crippen LogP contribution in [0.3, 0.4) is 0 Å². The van der Waals surface area contributed by atoms with Crippen molar-refractivity contribution in [2.75, 3.05) is 6.61 Å². The van der Waals surface area contributed by atoms with Crippen LogP contribution in [0.4, 0.5) is 0 Å². The number of aliphatic hydroxyl groups is 4. The monoisotopic (exact) mass is 289 g/mol. The van der Waals surface area contributed by atoms with Crippen LogP contribution >= 0.6 is 0 Å². The molecule has 0 saturated carbocycles. The Bertz CT molecular complexity index is 409. The van der Waals surface area contributed by atoms with E-state index in [9.17, 15) is 24.9 Å². The van der Waals surface area contributed by atoms with Crippen molar-refractivity contribution >= 4 is 11.9 Å². The molecular formula is C12H19NO7. The number of nitrogens with one attached hydrogen (secondary N) is 1. The van der Waals surface area contributed by atoms with Gasteiger partial charge < -0.3 is 30.8 Å². The van der Waals surface area contributed by atoms with Crippen LogP contribution in [-0.4, -0.2) is 68.4 Å². The molecule has 0 saturated heterocycles. The van der Waals surface area contributed by atoms with E-state index in [1.54, 1.807) is 0 Å². The van der Waals surface area contributed by atoms with Crippen molar-refractivity contribution in [2.24, 2.45) is 5.92 Å². The molecule has 0 aromatic rings. The summed E-state index contributed by atoms with van der Waals surface area (Å²) in [6.07, 6.45) is -3.22. The fourth-order valence-corrected chi connectivity index (χ4v) is 2.27. The largest absolute Gasteiger partial charge is 0.478 e. The molecule has 8 nitrogen and oxygen atoms in total.